The molecule has 104 valence electrons. The number of hydrogen-bond acceptors (Lipinski definition) is 6. The molecule has 0 bridgehead atoms. The van der Waals surface area contributed by atoms with Crippen LogP contribution in [0.4, 0.5) is 11.5 Å². The van der Waals surface area contributed by atoms with E-state index in [4.69, 9.17) is 10.5 Å². The molecule has 0 aromatic carbocycles. The highest BCUT2D eigenvalue weighted by atomic mass is 16.5. The summed E-state index contributed by atoms with van der Waals surface area (Å²) in [6, 6.07) is 0. The van der Waals surface area contributed by atoms with E-state index in [-0.39, 0.29) is 5.91 Å². The second-order valence-corrected chi connectivity index (χ2v) is 4.47. The molecule has 7 nitrogen and oxygen atoms in total. The van der Waals surface area contributed by atoms with Gasteiger partial charge in [0.15, 0.2) is 5.82 Å². The van der Waals surface area contributed by atoms with Crippen LogP contribution in [0.25, 0.3) is 0 Å². The summed E-state index contributed by atoms with van der Waals surface area (Å²) in [7, 11) is 1.53. The van der Waals surface area contributed by atoms with E-state index in [9.17, 15) is 4.79 Å². The van der Waals surface area contributed by atoms with Gasteiger partial charge < -0.3 is 20.3 Å². The highest BCUT2D eigenvalue weighted by molar-refractivity contribution is 5.73. The number of anilines is 2. The van der Waals surface area contributed by atoms with Crippen molar-refractivity contribution in [2.24, 2.45) is 0 Å². The number of rotatable bonds is 2. The SMILES string of the molecule is COc1ncnc(N2CCCN(C(C)=O)CC2)c1N. The van der Waals surface area contributed by atoms with Gasteiger partial charge in [0, 0.05) is 33.1 Å². The van der Waals surface area contributed by atoms with Gasteiger partial charge in [0.2, 0.25) is 11.8 Å². The number of nitrogen functional groups attached to an aromatic ring is 1. The maximum atomic E-state index is 11.4. The molecule has 1 aliphatic heterocycles. The number of ether oxygens (including phenoxy) is 1. The van der Waals surface area contributed by atoms with E-state index in [1.807, 2.05) is 4.90 Å². The van der Waals surface area contributed by atoms with Crippen LogP contribution in [0, 0.1) is 0 Å². The van der Waals surface area contributed by atoms with Crippen molar-refractivity contribution in [2.45, 2.75) is 13.3 Å². The van der Waals surface area contributed by atoms with Gasteiger partial charge in [-0.25, -0.2) is 4.98 Å². The molecule has 1 aromatic rings. The number of methoxy groups -OCH3 is 1. The van der Waals surface area contributed by atoms with Crippen molar-refractivity contribution in [1.82, 2.24) is 14.9 Å². The van der Waals surface area contributed by atoms with Crippen molar-refractivity contribution in [2.75, 3.05) is 43.9 Å². The molecule has 1 fully saturated rings. The van der Waals surface area contributed by atoms with Crippen LogP contribution in [0.15, 0.2) is 6.33 Å². The van der Waals surface area contributed by atoms with Crippen LogP contribution in [-0.4, -0.2) is 54.1 Å². The molecule has 0 atom stereocenters. The van der Waals surface area contributed by atoms with E-state index in [1.165, 1.54) is 13.4 Å². The Bertz CT molecular complexity index is 465. The molecule has 7 heteroatoms. The fourth-order valence-electron chi connectivity index (χ4n) is 2.23. The average molecular weight is 265 g/mol. The predicted molar refractivity (Wildman–Crippen MR) is 72.1 cm³/mol. The summed E-state index contributed by atoms with van der Waals surface area (Å²) in [5, 5.41) is 0. The van der Waals surface area contributed by atoms with E-state index in [0.29, 0.717) is 30.5 Å². The average Bonchev–Trinajstić information content (AvgIpc) is 2.65. The second-order valence-electron chi connectivity index (χ2n) is 4.47. The standard InChI is InChI=1S/C12H19N5O2/c1-9(18)16-4-3-5-17(7-6-16)11-10(13)12(19-2)15-8-14-11/h8H,3-7,13H2,1-2H3. The van der Waals surface area contributed by atoms with Crippen molar-refractivity contribution in [3.05, 3.63) is 6.33 Å². The Kier molecular flexibility index (Phi) is 4.03. The Labute approximate surface area is 112 Å². The van der Waals surface area contributed by atoms with Crippen molar-refractivity contribution < 1.29 is 9.53 Å². The van der Waals surface area contributed by atoms with Crippen LogP contribution >= 0.6 is 0 Å². The van der Waals surface area contributed by atoms with Gasteiger partial charge in [-0.15, -0.1) is 0 Å². The second kappa shape index (κ2) is 5.73. The zero-order chi connectivity index (χ0) is 13.8. The third kappa shape index (κ3) is 2.86. The molecule has 1 aromatic heterocycles. The number of carbonyl (C=O) groups excluding carboxylic acids is 1. The Hall–Kier alpha value is -2.05. The first-order valence-corrected chi connectivity index (χ1v) is 6.28. The van der Waals surface area contributed by atoms with Gasteiger partial charge in [0.25, 0.3) is 0 Å². The lowest BCUT2D eigenvalue weighted by Crippen LogP contribution is -2.34. The van der Waals surface area contributed by atoms with Gasteiger partial charge in [-0.3, -0.25) is 4.79 Å². The van der Waals surface area contributed by atoms with Crippen LogP contribution in [0.3, 0.4) is 0 Å². The van der Waals surface area contributed by atoms with Gasteiger partial charge in [-0.05, 0) is 6.42 Å². The molecule has 1 aliphatic rings. The number of aromatic nitrogens is 2. The Morgan fingerprint density at radius 3 is 2.79 bits per heavy atom. The van der Waals surface area contributed by atoms with Crippen molar-refractivity contribution in [3.63, 3.8) is 0 Å². The lowest BCUT2D eigenvalue weighted by atomic mass is 10.3. The quantitative estimate of drug-likeness (QED) is 0.818. The monoisotopic (exact) mass is 265 g/mol. The van der Waals surface area contributed by atoms with Crippen LogP contribution in [0.5, 0.6) is 5.88 Å². The first-order valence-electron chi connectivity index (χ1n) is 6.28. The molecule has 19 heavy (non-hydrogen) atoms. The third-order valence-electron chi connectivity index (χ3n) is 3.26. The van der Waals surface area contributed by atoms with E-state index in [0.717, 1.165) is 19.5 Å². The molecule has 2 heterocycles. The predicted octanol–water partition coefficient (Wildman–Crippen LogP) is 0.126. The lowest BCUT2D eigenvalue weighted by Gasteiger charge is -2.23. The van der Waals surface area contributed by atoms with Crippen molar-refractivity contribution in [3.8, 4) is 5.88 Å². The highest BCUT2D eigenvalue weighted by Crippen LogP contribution is 2.28. The molecular formula is C12H19N5O2. The normalized spacial score (nSPS) is 16.1. The van der Waals surface area contributed by atoms with E-state index < -0.39 is 0 Å². The van der Waals surface area contributed by atoms with Crippen LogP contribution < -0.4 is 15.4 Å². The summed E-state index contributed by atoms with van der Waals surface area (Å²) in [6.45, 7) is 4.57. The number of hydrogen-bond donors (Lipinski definition) is 1. The Morgan fingerprint density at radius 2 is 2.11 bits per heavy atom. The third-order valence-corrected chi connectivity index (χ3v) is 3.26. The fourth-order valence-corrected chi connectivity index (χ4v) is 2.23. The molecule has 0 aliphatic carbocycles. The molecule has 2 rings (SSSR count). The topological polar surface area (TPSA) is 84.6 Å². The van der Waals surface area contributed by atoms with Gasteiger partial charge in [0.05, 0.1) is 7.11 Å². The van der Waals surface area contributed by atoms with Crippen LogP contribution in [-0.2, 0) is 4.79 Å². The summed E-state index contributed by atoms with van der Waals surface area (Å²) in [4.78, 5) is 23.5. The maximum absolute atomic E-state index is 11.4. The smallest absolute Gasteiger partial charge is 0.242 e. The van der Waals surface area contributed by atoms with E-state index in [1.54, 1.807) is 6.92 Å². The molecule has 2 N–H and O–H groups in total. The molecule has 0 radical (unpaired) electrons. The summed E-state index contributed by atoms with van der Waals surface area (Å²) in [6.07, 6.45) is 2.34. The maximum Gasteiger partial charge on any atom is 0.242 e. The Morgan fingerprint density at radius 1 is 1.32 bits per heavy atom. The molecule has 0 spiro atoms. The number of carbonyl (C=O) groups is 1. The lowest BCUT2D eigenvalue weighted by molar-refractivity contribution is -0.128. The molecular weight excluding hydrogens is 246 g/mol. The van der Waals surface area contributed by atoms with Gasteiger partial charge in [0.1, 0.15) is 12.0 Å². The summed E-state index contributed by atoms with van der Waals surface area (Å²) < 4.78 is 5.10. The van der Waals surface area contributed by atoms with Crippen LogP contribution in [0.2, 0.25) is 0 Å². The summed E-state index contributed by atoms with van der Waals surface area (Å²) in [5.74, 6) is 1.17. The van der Waals surface area contributed by atoms with E-state index >= 15 is 0 Å². The van der Waals surface area contributed by atoms with Crippen LogP contribution in [0.1, 0.15) is 13.3 Å². The fraction of sp³-hybridized carbons (Fsp3) is 0.583. The number of nitrogens with zero attached hydrogens (tertiary/aromatic N) is 4. The Balaban J connectivity index is 2.16. The van der Waals surface area contributed by atoms with Crippen molar-refractivity contribution in [1.29, 1.82) is 0 Å². The van der Waals surface area contributed by atoms with Crippen molar-refractivity contribution >= 4 is 17.4 Å². The minimum Gasteiger partial charge on any atom is -0.479 e. The minimum absolute atomic E-state index is 0.107. The van der Waals surface area contributed by atoms with Gasteiger partial charge in [-0.1, -0.05) is 0 Å². The number of amides is 1. The minimum atomic E-state index is 0.107. The zero-order valence-electron chi connectivity index (χ0n) is 11.3. The zero-order valence-corrected chi connectivity index (χ0v) is 11.3. The summed E-state index contributed by atoms with van der Waals surface area (Å²) in [5.41, 5.74) is 6.44. The van der Waals surface area contributed by atoms with Gasteiger partial charge in [-0.2, -0.15) is 4.98 Å². The largest absolute Gasteiger partial charge is 0.479 e. The van der Waals surface area contributed by atoms with E-state index in [2.05, 4.69) is 14.9 Å². The first kappa shape index (κ1) is 13.4. The first-order chi connectivity index (χ1) is 9.13. The molecule has 0 saturated carbocycles. The van der Waals surface area contributed by atoms with Gasteiger partial charge >= 0.3 is 0 Å². The molecule has 1 saturated heterocycles. The molecule has 0 unspecified atom stereocenters. The highest BCUT2D eigenvalue weighted by Gasteiger charge is 2.20. The summed E-state index contributed by atoms with van der Waals surface area (Å²) >= 11 is 0. The molecule has 1 amide bonds. The number of nitrogens with two attached hydrogens (primary N) is 1.